The van der Waals surface area contributed by atoms with E-state index in [0.29, 0.717) is 11.3 Å². The van der Waals surface area contributed by atoms with Crippen LogP contribution in [0.5, 0.6) is 0 Å². The summed E-state index contributed by atoms with van der Waals surface area (Å²) in [4.78, 5) is 63.9. The van der Waals surface area contributed by atoms with Crippen LogP contribution in [0.4, 0.5) is 0 Å². The number of thioether (sulfide) groups is 1. The molecule has 1 heterocycles. The van der Waals surface area contributed by atoms with Crippen molar-refractivity contribution in [3.05, 3.63) is 36.0 Å². The van der Waals surface area contributed by atoms with Gasteiger partial charge in [0, 0.05) is 23.5 Å². The molecular formula is C23H31N5O8S. The normalized spacial score (nSPS) is 14.2. The topological polar surface area (TPSA) is 224 Å². The van der Waals surface area contributed by atoms with Gasteiger partial charge in [-0.1, -0.05) is 18.2 Å². The maximum Gasteiger partial charge on any atom is 0.328 e. The van der Waals surface area contributed by atoms with Crippen molar-refractivity contribution in [2.75, 3.05) is 18.6 Å². The molecule has 2 rings (SSSR count). The van der Waals surface area contributed by atoms with Crippen molar-refractivity contribution in [3.8, 4) is 0 Å². The van der Waals surface area contributed by atoms with Gasteiger partial charge < -0.3 is 42.0 Å². The molecule has 13 nitrogen and oxygen atoms in total. The highest BCUT2D eigenvalue weighted by Gasteiger charge is 2.31. The van der Waals surface area contributed by atoms with Gasteiger partial charge in [0.25, 0.3) is 0 Å². The second kappa shape index (κ2) is 14.2. The van der Waals surface area contributed by atoms with Gasteiger partial charge >= 0.3 is 11.9 Å². The number of aromatic amines is 1. The molecule has 0 aliphatic heterocycles. The molecular weight excluding hydrogens is 506 g/mol. The average molecular weight is 538 g/mol. The fourth-order valence-corrected chi connectivity index (χ4v) is 4.00. The highest BCUT2D eigenvalue weighted by Crippen LogP contribution is 2.19. The van der Waals surface area contributed by atoms with Crippen LogP contribution >= 0.6 is 11.8 Å². The summed E-state index contributed by atoms with van der Waals surface area (Å²) in [7, 11) is 0. The van der Waals surface area contributed by atoms with Crippen molar-refractivity contribution in [1.29, 1.82) is 0 Å². The van der Waals surface area contributed by atoms with E-state index in [0.717, 1.165) is 10.9 Å². The number of amides is 3. The molecule has 0 saturated heterocycles. The van der Waals surface area contributed by atoms with Crippen molar-refractivity contribution in [2.45, 2.75) is 43.4 Å². The molecule has 2 aromatic rings. The molecule has 0 aliphatic carbocycles. The number of para-hydroxylation sites is 1. The Hall–Kier alpha value is -3.62. The number of carboxylic acid groups (broad SMARTS) is 2. The van der Waals surface area contributed by atoms with Gasteiger partial charge in [-0.15, -0.1) is 0 Å². The number of hydrogen-bond donors (Lipinski definition) is 8. The monoisotopic (exact) mass is 537 g/mol. The number of benzene rings is 1. The van der Waals surface area contributed by atoms with E-state index in [9.17, 15) is 29.1 Å². The summed E-state index contributed by atoms with van der Waals surface area (Å²) in [6.07, 6.45) is 2.94. The Bertz CT molecular complexity index is 1120. The van der Waals surface area contributed by atoms with Crippen molar-refractivity contribution < 1.29 is 39.3 Å². The molecule has 0 fully saturated rings. The molecule has 3 amide bonds. The molecule has 202 valence electrons. The Labute approximate surface area is 216 Å². The highest BCUT2D eigenvalue weighted by molar-refractivity contribution is 7.98. The second-order valence-corrected chi connectivity index (χ2v) is 9.24. The summed E-state index contributed by atoms with van der Waals surface area (Å²) in [5.74, 6) is -4.72. The Morgan fingerprint density at radius 2 is 1.59 bits per heavy atom. The number of rotatable bonds is 15. The number of carbonyl (C=O) groups excluding carboxylic acids is 3. The molecule has 37 heavy (non-hydrogen) atoms. The lowest BCUT2D eigenvalue weighted by Gasteiger charge is -2.25. The number of aromatic nitrogens is 1. The lowest BCUT2D eigenvalue weighted by atomic mass is 10.0. The van der Waals surface area contributed by atoms with Crippen LogP contribution in [0.1, 0.15) is 18.4 Å². The first-order chi connectivity index (χ1) is 17.6. The summed E-state index contributed by atoms with van der Waals surface area (Å²) in [5, 5.41) is 35.3. The second-order valence-electron chi connectivity index (χ2n) is 8.25. The fourth-order valence-electron chi connectivity index (χ4n) is 3.52. The van der Waals surface area contributed by atoms with Crippen molar-refractivity contribution in [3.63, 3.8) is 0 Å². The quantitative estimate of drug-likeness (QED) is 0.135. The molecule has 9 N–H and O–H groups in total. The number of nitrogens with one attached hydrogen (secondary N) is 4. The molecule has 0 radical (unpaired) electrons. The van der Waals surface area contributed by atoms with Gasteiger partial charge in [-0.2, -0.15) is 11.8 Å². The molecule has 0 spiro atoms. The van der Waals surface area contributed by atoms with Crippen LogP contribution in [0.3, 0.4) is 0 Å². The van der Waals surface area contributed by atoms with Gasteiger partial charge in [0.15, 0.2) is 0 Å². The Morgan fingerprint density at radius 1 is 0.973 bits per heavy atom. The summed E-state index contributed by atoms with van der Waals surface area (Å²) in [5.41, 5.74) is 7.14. The van der Waals surface area contributed by atoms with Gasteiger partial charge in [-0.3, -0.25) is 19.2 Å². The first-order valence-corrected chi connectivity index (χ1v) is 12.7. The zero-order chi connectivity index (χ0) is 27.5. The summed E-state index contributed by atoms with van der Waals surface area (Å²) in [6, 6.07) is 1.92. The van der Waals surface area contributed by atoms with Crippen LogP contribution in [0.25, 0.3) is 10.9 Å². The van der Waals surface area contributed by atoms with Crippen LogP contribution in [-0.2, 0) is 30.4 Å². The van der Waals surface area contributed by atoms with Crippen LogP contribution < -0.4 is 21.7 Å². The fraction of sp³-hybridized carbons (Fsp3) is 0.435. The first kappa shape index (κ1) is 29.6. The Morgan fingerprint density at radius 3 is 2.22 bits per heavy atom. The predicted molar refractivity (Wildman–Crippen MR) is 136 cm³/mol. The Kier molecular flexibility index (Phi) is 11.4. The average Bonchev–Trinajstić information content (AvgIpc) is 3.26. The maximum atomic E-state index is 13.3. The third kappa shape index (κ3) is 8.77. The third-order valence-electron chi connectivity index (χ3n) is 5.50. The summed E-state index contributed by atoms with van der Waals surface area (Å²) < 4.78 is 0. The van der Waals surface area contributed by atoms with Gasteiger partial charge in [0.05, 0.1) is 19.1 Å². The minimum atomic E-state index is -1.56. The molecule has 14 heteroatoms. The van der Waals surface area contributed by atoms with Gasteiger partial charge in [0.2, 0.25) is 17.7 Å². The van der Waals surface area contributed by atoms with E-state index in [1.54, 1.807) is 18.5 Å². The first-order valence-electron chi connectivity index (χ1n) is 11.3. The SMILES string of the molecule is CSCCC(NC(=O)C(Cc1c[nH]c2ccccc12)NC(=O)C(N)CC(=O)O)C(=O)NC(CO)C(=O)O. The van der Waals surface area contributed by atoms with Crippen LogP contribution in [0, 0.1) is 0 Å². The summed E-state index contributed by atoms with van der Waals surface area (Å²) >= 11 is 1.40. The third-order valence-corrected chi connectivity index (χ3v) is 6.15. The molecule has 4 atom stereocenters. The van der Waals surface area contributed by atoms with Gasteiger partial charge in [-0.05, 0) is 30.1 Å². The van der Waals surface area contributed by atoms with E-state index < -0.39 is 66.9 Å². The number of fused-ring (bicyclic) bond motifs is 1. The minimum absolute atomic E-state index is 0.00731. The number of carbonyl (C=O) groups is 5. The number of aliphatic hydroxyl groups is 1. The van der Waals surface area contributed by atoms with Crippen LogP contribution in [0.15, 0.2) is 30.5 Å². The number of carboxylic acids is 2. The largest absolute Gasteiger partial charge is 0.481 e. The molecule has 1 aromatic carbocycles. The molecule has 0 saturated carbocycles. The van der Waals surface area contributed by atoms with E-state index in [1.165, 1.54) is 11.8 Å². The lowest BCUT2D eigenvalue weighted by Crippen LogP contribution is -2.58. The number of aliphatic hydroxyl groups excluding tert-OH is 1. The zero-order valence-electron chi connectivity index (χ0n) is 20.1. The van der Waals surface area contributed by atoms with Crippen LogP contribution in [-0.4, -0.2) is 92.7 Å². The van der Waals surface area contributed by atoms with Crippen molar-refractivity contribution in [2.24, 2.45) is 5.73 Å². The van der Waals surface area contributed by atoms with Gasteiger partial charge in [-0.25, -0.2) is 4.79 Å². The van der Waals surface area contributed by atoms with Crippen LogP contribution in [0.2, 0.25) is 0 Å². The van der Waals surface area contributed by atoms with E-state index in [2.05, 4.69) is 20.9 Å². The van der Waals surface area contributed by atoms with Crippen molar-refractivity contribution in [1.82, 2.24) is 20.9 Å². The van der Waals surface area contributed by atoms with Crippen molar-refractivity contribution >= 4 is 52.3 Å². The van der Waals surface area contributed by atoms with Gasteiger partial charge in [0.1, 0.15) is 18.1 Å². The number of H-pyrrole nitrogens is 1. The minimum Gasteiger partial charge on any atom is -0.481 e. The van der Waals surface area contributed by atoms with E-state index in [-0.39, 0.29) is 12.8 Å². The maximum absolute atomic E-state index is 13.3. The van der Waals surface area contributed by atoms with E-state index in [4.69, 9.17) is 15.9 Å². The molecule has 1 aromatic heterocycles. The molecule has 4 unspecified atom stereocenters. The molecule has 0 bridgehead atoms. The number of nitrogens with two attached hydrogens (primary N) is 1. The Balaban J connectivity index is 2.28. The summed E-state index contributed by atoms with van der Waals surface area (Å²) in [6.45, 7) is -0.842. The predicted octanol–water partition coefficient (Wildman–Crippen LogP) is -1.20. The van der Waals surface area contributed by atoms with E-state index in [1.807, 2.05) is 18.2 Å². The van der Waals surface area contributed by atoms with E-state index >= 15 is 0 Å². The number of hydrogen-bond acceptors (Lipinski definition) is 8. The number of aliphatic carboxylic acids is 2. The highest BCUT2D eigenvalue weighted by atomic mass is 32.2. The molecule has 0 aliphatic rings. The zero-order valence-corrected chi connectivity index (χ0v) is 20.9. The standard InChI is InChI=1S/C23H31N5O8S/c1-37-7-6-16(21(33)28-18(11-29)23(35)36)26-22(34)17(27-20(32)14(24)9-19(30)31)8-12-10-25-15-5-3-2-4-13(12)15/h2-5,10,14,16-18,25,29H,6-9,11,24H2,1H3,(H,26,34)(H,27,32)(H,28,33)(H,30,31)(H,35,36). The lowest BCUT2D eigenvalue weighted by molar-refractivity contribution is -0.143. The smallest absolute Gasteiger partial charge is 0.328 e.